The summed E-state index contributed by atoms with van der Waals surface area (Å²) < 4.78 is 7.62. The maximum atomic E-state index is 12.3. The zero-order chi connectivity index (χ0) is 22.4. The number of amides is 1. The number of nitrogens with one attached hydrogen (secondary N) is 1. The van der Waals surface area contributed by atoms with Crippen LogP contribution in [0.3, 0.4) is 0 Å². The number of hydrogen-bond acceptors (Lipinski definition) is 7. The minimum absolute atomic E-state index is 0.0968. The third-order valence-corrected chi connectivity index (χ3v) is 6.05. The summed E-state index contributed by atoms with van der Waals surface area (Å²) in [5.41, 5.74) is 4.55. The maximum Gasteiger partial charge on any atom is 0.238 e. The standard InChI is InChI=1S/C24H21N7O2/c1-30-14-27-29-23(30)16-4-2-15(3-5-16)17-6-8-21(25-11-17)28-18-10-20-24(26-12-18)33-13-19-7-9-22(32)31(19)20/h2-6,8,10-12,14,19H,7,9,13H2,1H3,(H,25,28)/t19-/m0/s1. The third-order valence-electron chi connectivity index (χ3n) is 6.05. The molecule has 0 bridgehead atoms. The van der Waals surface area contributed by atoms with Crippen LogP contribution in [-0.2, 0) is 11.8 Å². The fourth-order valence-corrected chi connectivity index (χ4v) is 4.34. The van der Waals surface area contributed by atoms with E-state index in [1.165, 1.54) is 0 Å². The fourth-order valence-electron chi connectivity index (χ4n) is 4.34. The zero-order valence-electron chi connectivity index (χ0n) is 18.0. The van der Waals surface area contributed by atoms with Gasteiger partial charge in [0.1, 0.15) is 24.4 Å². The SMILES string of the molecule is Cn1cnnc1-c1ccc(-c2ccc(Nc3cnc4c(c3)N3C(=O)CC[C@H]3CO4)nc2)cc1. The first-order valence-electron chi connectivity index (χ1n) is 10.8. The molecule has 2 aliphatic rings. The van der Waals surface area contributed by atoms with E-state index in [-0.39, 0.29) is 11.9 Å². The molecule has 164 valence electrons. The number of carbonyl (C=O) groups is 1. The van der Waals surface area contributed by atoms with Crippen molar-refractivity contribution in [1.82, 2.24) is 24.7 Å². The van der Waals surface area contributed by atoms with Crippen molar-refractivity contribution in [3.63, 3.8) is 0 Å². The molecule has 1 saturated heterocycles. The molecule has 0 radical (unpaired) electrons. The highest BCUT2D eigenvalue weighted by atomic mass is 16.5. The van der Waals surface area contributed by atoms with Gasteiger partial charge in [-0.3, -0.25) is 4.79 Å². The molecule has 9 nitrogen and oxygen atoms in total. The Hall–Kier alpha value is -4.27. The molecule has 4 aromatic rings. The molecule has 6 rings (SSSR count). The number of fused-ring (bicyclic) bond motifs is 3. The van der Waals surface area contributed by atoms with E-state index in [0.717, 1.165) is 40.3 Å². The van der Waals surface area contributed by atoms with Crippen molar-refractivity contribution < 1.29 is 9.53 Å². The highest BCUT2D eigenvalue weighted by Crippen LogP contribution is 2.39. The first kappa shape index (κ1) is 19.4. The van der Waals surface area contributed by atoms with Gasteiger partial charge in [-0.2, -0.15) is 0 Å². The Bertz CT molecular complexity index is 1330. The maximum absolute atomic E-state index is 12.3. The average Bonchev–Trinajstić information content (AvgIpc) is 3.45. The van der Waals surface area contributed by atoms with Gasteiger partial charge in [-0.15, -0.1) is 10.2 Å². The summed E-state index contributed by atoms with van der Waals surface area (Å²) in [5.74, 6) is 2.14. The Morgan fingerprint density at radius 3 is 2.61 bits per heavy atom. The van der Waals surface area contributed by atoms with E-state index in [2.05, 4.69) is 25.5 Å². The molecular weight excluding hydrogens is 418 g/mol. The first-order valence-corrected chi connectivity index (χ1v) is 10.8. The number of pyridine rings is 2. The van der Waals surface area contributed by atoms with E-state index in [1.807, 2.05) is 65.2 Å². The minimum atomic E-state index is 0.0968. The molecule has 0 unspecified atom stereocenters. The number of ether oxygens (including phenoxy) is 1. The second kappa shape index (κ2) is 7.70. The summed E-state index contributed by atoms with van der Waals surface area (Å²) in [6, 6.07) is 14.1. The summed E-state index contributed by atoms with van der Waals surface area (Å²) in [7, 11) is 1.92. The zero-order valence-corrected chi connectivity index (χ0v) is 18.0. The van der Waals surface area contributed by atoms with Crippen LogP contribution in [0.25, 0.3) is 22.5 Å². The van der Waals surface area contributed by atoms with Gasteiger partial charge in [-0.25, -0.2) is 9.97 Å². The molecule has 1 N–H and O–H groups in total. The van der Waals surface area contributed by atoms with Crippen molar-refractivity contribution in [2.45, 2.75) is 18.9 Å². The second-order valence-corrected chi connectivity index (χ2v) is 8.22. The van der Waals surface area contributed by atoms with Crippen molar-refractivity contribution in [3.8, 4) is 28.4 Å². The molecule has 0 aliphatic carbocycles. The minimum Gasteiger partial charge on any atom is -0.474 e. The lowest BCUT2D eigenvalue weighted by Crippen LogP contribution is -2.40. The van der Waals surface area contributed by atoms with Crippen LogP contribution < -0.4 is 15.0 Å². The van der Waals surface area contributed by atoms with Gasteiger partial charge in [0.15, 0.2) is 5.82 Å². The van der Waals surface area contributed by atoms with Crippen molar-refractivity contribution in [2.24, 2.45) is 7.05 Å². The number of carbonyl (C=O) groups excluding carboxylic acids is 1. The molecule has 1 fully saturated rings. The molecule has 2 aliphatic heterocycles. The van der Waals surface area contributed by atoms with E-state index in [9.17, 15) is 4.79 Å². The van der Waals surface area contributed by atoms with Crippen LogP contribution >= 0.6 is 0 Å². The van der Waals surface area contributed by atoms with Gasteiger partial charge < -0.3 is 19.5 Å². The second-order valence-electron chi connectivity index (χ2n) is 8.22. The van der Waals surface area contributed by atoms with Crippen LogP contribution in [0.4, 0.5) is 17.2 Å². The van der Waals surface area contributed by atoms with E-state index in [0.29, 0.717) is 24.7 Å². The summed E-state index contributed by atoms with van der Waals surface area (Å²) in [6.45, 7) is 0.501. The van der Waals surface area contributed by atoms with E-state index in [1.54, 1.807) is 12.5 Å². The van der Waals surface area contributed by atoms with Gasteiger partial charge in [0.25, 0.3) is 0 Å². The monoisotopic (exact) mass is 439 g/mol. The van der Waals surface area contributed by atoms with Gasteiger partial charge in [0.2, 0.25) is 11.8 Å². The summed E-state index contributed by atoms with van der Waals surface area (Å²) in [4.78, 5) is 23.1. The molecule has 3 aromatic heterocycles. The van der Waals surface area contributed by atoms with Gasteiger partial charge >= 0.3 is 0 Å². The van der Waals surface area contributed by atoms with Gasteiger partial charge in [-0.05, 0) is 30.2 Å². The van der Waals surface area contributed by atoms with Crippen molar-refractivity contribution in [1.29, 1.82) is 0 Å². The Morgan fingerprint density at radius 2 is 1.85 bits per heavy atom. The number of hydrogen-bond donors (Lipinski definition) is 1. The summed E-state index contributed by atoms with van der Waals surface area (Å²) >= 11 is 0. The highest BCUT2D eigenvalue weighted by molar-refractivity contribution is 5.98. The largest absolute Gasteiger partial charge is 0.474 e. The molecule has 33 heavy (non-hydrogen) atoms. The first-order chi connectivity index (χ1) is 16.2. The normalized spacial score (nSPS) is 16.8. The van der Waals surface area contributed by atoms with E-state index >= 15 is 0 Å². The van der Waals surface area contributed by atoms with Crippen LogP contribution in [0.1, 0.15) is 12.8 Å². The molecule has 0 spiro atoms. The lowest BCUT2D eigenvalue weighted by Gasteiger charge is -2.31. The predicted molar refractivity (Wildman–Crippen MR) is 123 cm³/mol. The lowest BCUT2D eigenvalue weighted by molar-refractivity contribution is -0.117. The third kappa shape index (κ3) is 3.47. The summed E-state index contributed by atoms with van der Waals surface area (Å²) in [6.07, 6.45) is 6.58. The van der Waals surface area contributed by atoms with E-state index < -0.39 is 0 Å². The average molecular weight is 439 g/mol. The molecule has 1 amide bonds. The fraction of sp³-hybridized carbons (Fsp3) is 0.208. The number of benzene rings is 1. The smallest absolute Gasteiger partial charge is 0.238 e. The van der Waals surface area contributed by atoms with Crippen LogP contribution in [0, 0.1) is 0 Å². The molecule has 5 heterocycles. The van der Waals surface area contributed by atoms with Gasteiger partial charge in [-0.1, -0.05) is 24.3 Å². The highest BCUT2D eigenvalue weighted by Gasteiger charge is 2.38. The number of anilines is 3. The Kier molecular flexibility index (Phi) is 4.53. The van der Waals surface area contributed by atoms with E-state index in [4.69, 9.17) is 4.74 Å². The molecule has 1 aromatic carbocycles. The lowest BCUT2D eigenvalue weighted by atomic mass is 10.1. The number of nitrogens with zero attached hydrogens (tertiary/aromatic N) is 6. The number of rotatable bonds is 4. The Morgan fingerprint density at radius 1 is 1.03 bits per heavy atom. The van der Waals surface area contributed by atoms with Crippen LogP contribution in [0.15, 0.2) is 61.2 Å². The van der Waals surface area contributed by atoms with Gasteiger partial charge in [0.05, 0.1) is 17.9 Å². The molecule has 1 atom stereocenters. The quantitative estimate of drug-likeness (QED) is 0.519. The molecule has 9 heteroatoms. The van der Waals surface area contributed by atoms with Crippen molar-refractivity contribution in [2.75, 3.05) is 16.8 Å². The summed E-state index contributed by atoms with van der Waals surface area (Å²) in [5, 5.41) is 11.4. The van der Waals surface area contributed by atoms with Crippen LogP contribution in [0.5, 0.6) is 5.88 Å². The number of aryl methyl sites for hydroxylation is 1. The molecular formula is C24H21N7O2. The van der Waals surface area contributed by atoms with Crippen LogP contribution in [0.2, 0.25) is 0 Å². The Labute approximate surface area is 190 Å². The molecule has 0 saturated carbocycles. The predicted octanol–water partition coefficient (Wildman–Crippen LogP) is 3.57. The Balaban J connectivity index is 1.20. The topological polar surface area (TPSA) is 98.1 Å². The van der Waals surface area contributed by atoms with Crippen LogP contribution in [-0.4, -0.2) is 43.3 Å². The number of aromatic nitrogens is 5. The van der Waals surface area contributed by atoms with Crippen molar-refractivity contribution in [3.05, 3.63) is 61.2 Å². The van der Waals surface area contributed by atoms with Crippen molar-refractivity contribution >= 4 is 23.1 Å². The van der Waals surface area contributed by atoms with Gasteiger partial charge in [0, 0.05) is 30.8 Å².